The average molecular weight is 608 g/mol. The molecule has 13 heteroatoms. The second-order valence-electron chi connectivity index (χ2n) is 12.2. The number of hydrogen-bond acceptors (Lipinski definition) is 10. The number of thiophene rings is 1. The highest BCUT2D eigenvalue weighted by Gasteiger charge is 2.34. The Labute approximate surface area is 251 Å². The van der Waals surface area contributed by atoms with Gasteiger partial charge < -0.3 is 19.3 Å². The van der Waals surface area contributed by atoms with Crippen LogP contribution in [-0.2, 0) is 22.7 Å². The molecule has 0 saturated carbocycles. The number of nitrogens with one attached hydrogen (secondary N) is 1. The van der Waals surface area contributed by atoms with E-state index in [4.69, 9.17) is 14.5 Å². The first-order chi connectivity index (χ1) is 20.4. The normalized spacial score (nSPS) is 18.5. The van der Waals surface area contributed by atoms with Gasteiger partial charge in [-0.05, 0) is 51.9 Å². The number of anilines is 2. The quantitative estimate of drug-likeness (QED) is 0.306. The summed E-state index contributed by atoms with van der Waals surface area (Å²) in [5, 5.41) is 13.4. The summed E-state index contributed by atoms with van der Waals surface area (Å²) in [4.78, 5) is 30.4. The van der Waals surface area contributed by atoms with E-state index in [1.807, 2.05) is 19.0 Å². The number of nitriles is 1. The van der Waals surface area contributed by atoms with Gasteiger partial charge in [-0.3, -0.25) is 10.3 Å². The zero-order valence-electron chi connectivity index (χ0n) is 24.7. The molecule has 1 fully saturated rings. The van der Waals surface area contributed by atoms with Gasteiger partial charge in [-0.1, -0.05) is 6.92 Å². The largest absolute Gasteiger partial charge is 0.444 e. The monoisotopic (exact) mass is 607 g/mol. The maximum Gasteiger partial charge on any atom is 0.412 e. The molecule has 0 spiro atoms. The van der Waals surface area contributed by atoms with Crippen LogP contribution in [0.25, 0.3) is 32.2 Å². The molecule has 1 amide bonds. The van der Waals surface area contributed by atoms with Gasteiger partial charge in [0, 0.05) is 41.7 Å². The molecule has 0 aliphatic carbocycles. The predicted molar refractivity (Wildman–Crippen MR) is 160 cm³/mol. The lowest BCUT2D eigenvalue weighted by molar-refractivity contribution is 0.0636. The van der Waals surface area contributed by atoms with Crippen LogP contribution in [0.3, 0.4) is 0 Å². The van der Waals surface area contributed by atoms with Crippen molar-refractivity contribution in [2.75, 3.05) is 37.4 Å². The van der Waals surface area contributed by atoms with Crippen molar-refractivity contribution in [1.82, 2.24) is 19.9 Å². The Morgan fingerprint density at radius 2 is 1.95 bits per heavy atom. The van der Waals surface area contributed by atoms with Crippen LogP contribution in [0.4, 0.5) is 24.5 Å². The molecule has 0 unspecified atom stereocenters. The number of aromatic nitrogens is 3. The predicted octanol–water partition coefficient (Wildman–Crippen LogP) is 5.82. The highest BCUT2D eigenvalue weighted by atomic mass is 32.1. The van der Waals surface area contributed by atoms with Crippen LogP contribution in [0.1, 0.15) is 44.4 Å². The molecule has 2 aliphatic heterocycles. The molecular weight excluding hydrogens is 576 g/mol. The molecule has 2 aliphatic rings. The molecule has 2 atom stereocenters. The van der Waals surface area contributed by atoms with Crippen molar-refractivity contribution >= 4 is 49.4 Å². The third-order valence-electron chi connectivity index (χ3n) is 7.84. The van der Waals surface area contributed by atoms with Gasteiger partial charge >= 0.3 is 6.09 Å². The number of halogens is 2. The van der Waals surface area contributed by atoms with Gasteiger partial charge in [0.15, 0.2) is 11.6 Å². The fraction of sp³-hybridized carbons (Fsp3) is 0.433. The molecule has 43 heavy (non-hydrogen) atoms. The lowest BCUT2D eigenvalue weighted by Crippen LogP contribution is -2.34. The minimum atomic E-state index is -0.798. The van der Waals surface area contributed by atoms with Crippen molar-refractivity contribution in [2.45, 2.75) is 52.6 Å². The maximum absolute atomic E-state index is 16.7. The maximum atomic E-state index is 16.7. The van der Waals surface area contributed by atoms with E-state index < -0.39 is 23.3 Å². The van der Waals surface area contributed by atoms with E-state index in [-0.39, 0.29) is 50.6 Å². The summed E-state index contributed by atoms with van der Waals surface area (Å²) >= 11 is 0.863. The van der Waals surface area contributed by atoms with Gasteiger partial charge in [-0.2, -0.15) is 5.26 Å². The molecule has 6 rings (SSSR count). The zero-order valence-corrected chi connectivity index (χ0v) is 25.5. The highest BCUT2D eigenvalue weighted by molar-refractivity contribution is 7.23. The third-order valence-corrected chi connectivity index (χ3v) is 8.95. The Hall–Kier alpha value is -3.99. The molecule has 3 aromatic heterocycles. The lowest BCUT2D eigenvalue weighted by atomic mass is 9.94. The number of pyridine rings is 1. The smallest absolute Gasteiger partial charge is 0.412 e. The molecule has 0 radical (unpaired) electrons. The number of hydrogen-bond donors (Lipinski definition) is 1. The molecule has 10 nitrogen and oxygen atoms in total. The number of carbonyl (C=O) groups excluding carboxylic acids is 1. The van der Waals surface area contributed by atoms with E-state index in [0.29, 0.717) is 35.4 Å². The highest BCUT2D eigenvalue weighted by Crippen LogP contribution is 2.46. The number of nitrogens with zero attached hydrogens (tertiary/aromatic N) is 6. The SMILES string of the molecule is C[C@H]1CN(c2ncc3c4c(c(-c5ncc(F)c6sc(NC(=O)OC(C)(C)C)c(C#N)c56)c(F)c3n2)COC4)C[C@H]1N(C)C. The van der Waals surface area contributed by atoms with Crippen LogP contribution in [0.5, 0.6) is 0 Å². The third kappa shape index (κ3) is 5.03. The number of likely N-dealkylation sites (N-methyl/N-ethyl adjacent to an activating group) is 1. The summed E-state index contributed by atoms with van der Waals surface area (Å²) in [6.07, 6.45) is 1.83. The summed E-state index contributed by atoms with van der Waals surface area (Å²) in [6.45, 7) is 9.03. The second-order valence-corrected chi connectivity index (χ2v) is 13.2. The molecule has 224 valence electrons. The molecule has 5 heterocycles. The van der Waals surface area contributed by atoms with Crippen LogP contribution in [-0.4, -0.2) is 64.8 Å². The summed E-state index contributed by atoms with van der Waals surface area (Å²) < 4.78 is 43.0. The Morgan fingerprint density at radius 1 is 1.21 bits per heavy atom. The average Bonchev–Trinajstić information content (AvgIpc) is 3.66. The van der Waals surface area contributed by atoms with E-state index in [9.17, 15) is 10.1 Å². The van der Waals surface area contributed by atoms with Gasteiger partial charge in [0.2, 0.25) is 5.95 Å². The fourth-order valence-corrected chi connectivity index (χ4v) is 6.98. The van der Waals surface area contributed by atoms with Crippen LogP contribution in [0.2, 0.25) is 0 Å². The summed E-state index contributed by atoms with van der Waals surface area (Å²) in [5.74, 6) is -0.570. The van der Waals surface area contributed by atoms with Gasteiger partial charge in [0.1, 0.15) is 22.2 Å². The van der Waals surface area contributed by atoms with Gasteiger partial charge in [-0.25, -0.2) is 23.5 Å². The summed E-state index contributed by atoms with van der Waals surface area (Å²) in [5.41, 5.74) is 0.704. The second kappa shape index (κ2) is 10.6. The van der Waals surface area contributed by atoms with Crippen molar-refractivity contribution < 1.29 is 23.0 Å². The van der Waals surface area contributed by atoms with Crippen LogP contribution >= 0.6 is 11.3 Å². The first kappa shape index (κ1) is 29.1. The van der Waals surface area contributed by atoms with Gasteiger partial charge in [0.25, 0.3) is 0 Å². The van der Waals surface area contributed by atoms with Crippen molar-refractivity contribution in [3.63, 3.8) is 0 Å². The van der Waals surface area contributed by atoms with E-state index in [1.165, 1.54) is 0 Å². The fourth-order valence-electron chi connectivity index (χ4n) is 5.94. The standard InChI is InChI=1S/C30H31F2N7O3S/c1-14-10-39(11-20(14)38(5)6)28-35-8-16-17-12-41-13-18(17)21(23(32)24(16)36-28)25-22-15(7-33)27(37-29(40)42-30(2,3)4)43-26(22)19(31)9-34-25/h8-9,14,20H,10-13H2,1-6H3,(H,37,40)/t14-,20+/m0/s1. The number of amides is 1. The topological polar surface area (TPSA) is 117 Å². The van der Waals surface area contributed by atoms with E-state index in [2.05, 4.69) is 33.2 Å². The van der Waals surface area contributed by atoms with Gasteiger partial charge in [0.05, 0.1) is 35.4 Å². The van der Waals surface area contributed by atoms with E-state index in [0.717, 1.165) is 29.6 Å². The summed E-state index contributed by atoms with van der Waals surface area (Å²) in [6, 6.07) is 2.36. The minimum absolute atomic E-state index is 0.0378. The van der Waals surface area contributed by atoms with Crippen molar-refractivity contribution in [3.8, 4) is 17.3 Å². The Bertz CT molecular complexity index is 1830. The number of rotatable bonds is 4. The Kier molecular flexibility index (Phi) is 7.19. The summed E-state index contributed by atoms with van der Waals surface area (Å²) in [7, 11) is 4.07. The zero-order chi connectivity index (χ0) is 30.8. The Morgan fingerprint density at radius 3 is 2.63 bits per heavy atom. The Balaban J connectivity index is 1.53. The van der Waals surface area contributed by atoms with Gasteiger partial charge in [-0.15, -0.1) is 11.3 Å². The van der Waals surface area contributed by atoms with E-state index >= 15 is 8.78 Å². The number of benzene rings is 1. The van der Waals surface area contributed by atoms with Crippen molar-refractivity contribution in [1.29, 1.82) is 5.26 Å². The van der Waals surface area contributed by atoms with Crippen molar-refractivity contribution in [3.05, 3.63) is 40.7 Å². The van der Waals surface area contributed by atoms with Crippen LogP contribution < -0.4 is 10.2 Å². The first-order valence-corrected chi connectivity index (χ1v) is 14.7. The first-order valence-electron chi connectivity index (χ1n) is 13.9. The molecule has 1 aromatic carbocycles. The molecule has 1 N–H and O–H groups in total. The number of ether oxygens (including phenoxy) is 2. The van der Waals surface area contributed by atoms with Crippen LogP contribution in [0.15, 0.2) is 12.4 Å². The number of carbonyl (C=O) groups is 1. The van der Waals surface area contributed by atoms with Crippen molar-refractivity contribution in [2.24, 2.45) is 5.92 Å². The molecule has 4 aromatic rings. The lowest BCUT2D eigenvalue weighted by Gasteiger charge is -2.22. The molecule has 1 saturated heterocycles. The number of fused-ring (bicyclic) bond motifs is 4. The minimum Gasteiger partial charge on any atom is -0.444 e. The molecule has 0 bridgehead atoms. The van der Waals surface area contributed by atoms with Crippen LogP contribution in [0, 0.1) is 28.9 Å². The molecular formula is C30H31F2N7O3S. The van der Waals surface area contributed by atoms with E-state index in [1.54, 1.807) is 27.0 Å².